The van der Waals surface area contributed by atoms with Crippen LogP contribution >= 0.6 is 0 Å². The monoisotopic (exact) mass is 403 g/mol. The van der Waals surface area contributed by atoms with E-state index < -0.39 is 23.4 Å². The minimum Gasteiger partial charge on any atom is -0.497 e. The van der Waals surface area contributed by atoms with Crippen LogP contribution in [0, 0.1) is 0 Å². The molecular formula is C23H21N3O4. The van der Waals surface area contributed by atoms with Gasteiger partial charge < -0.3 is 10.1 Å². The fourth-order valence-electron chi connectivity index (χ4n) is 3.65. The molecule has 1 aliphatic heterocycles. The number of hydrogen-bond donors (Lipinski definition) is 2. The summed E-state index contributed by atoms with van der Waals surface area (Å²) in [6.45, 7) is 1.60. The van der Waals surface area contributed by atoms with Gasteiger partial charge in [-0.2, -0.15) is 5.01 Å². The summed E-state index contributed by atoms with van der Waals surface area (Å²) in [6, 6.07) is 19.6. The van der Waals surface area contributed by atoms with Gasteiger partial charge in [0.05, 0.1) is 13.5 Å². The van der Waals surface area contributed by atoms with Crippen molar-refractivity contribution in [2.75, 3.05) is 7.11 Å². The van der Waals surface area contributed by atoms with Crippen LogP contribution in [0.2, 0.25) is 0 Å². The second-order valence-corrected chi connectivity index (χ2v) is 7.28. The number of amides is 4. The normalized spacial score (nSPS) is 18.4. The lowest BCUT2D eigenvalue weighted by Gasteiger charge is -2.22. The van der Waals surface area contributed by atoms with Crippen LogP contribution in [-0.2, 0) is 21.5 Å². The van der Waals surface area contributed by atoms with E-state index in [2.05, 4.69) is 10.7 Å². The zero-order valence-electron chi connectivity index (χ0n) is 16.6. The number of nitrogens with zero attached hydrogens (tertiary/aromatic N) is 1. The quantitative estimate of drug-likeness (QED) is 0.642. The smallest absolute Gasteiger partial charge is 0.344 e. The fraction of sp³-hybridized carbons (Fsp3) is 0.174. The number of hydrogen-bond acceptors (Lipinski definition) is 4. The summed E-state index contributed by atoms with van der Waals surface area (Å²) in [7, 11) is 1.52. The van der Waals surface area contributed by atoms with Crippen molar-refractivity contribution in [1.29, 1.82) is 0 Å². The van der Waals surface area contributed by atoms with E-state index in [4.69, 9.17) is 4.74 Å². The zero-order chi connectivity index (χ0) is 21.3. The van der Waals surface area contributed by atoms with Gasteiger partial charge in [-0.25, -0.2) is 4.79 Å². The number of carbonyl (C=O) groups excluding carboxylic acids is 3. The average molecular weight is 403 g/mol. The van der Waals surface area contributed by atoms with E-state index in [0.717, 1.165) is 21.3 Å². The molecule has 1 aliphatic rings. The predicted octanol–water partition coefficient (Wildman–Crippen LogP) is 2.89. The average Bonchev–Trinajstić information content (AvgIpc) is 2.98. The minimum atomic E-state index is -1.31. The lowest BCUT2D eigenvalue weighted by molar-refractivity contribution is -0.138. The number of hydrazine groups is 1. The number of imide groups is 1. The van der Waals surface area contributed by atoms with Gasteiger partial charge >= 0.3 is 6.03 Å². The first-order chi connectivity index (χ1) is 14.4. The molecule has 0 radical (unpaired) electrons. The van der Waals surface area contributed by atoms with Crippen LogP contribution in [0.15, 0.2) is 66.7 Å². The Bertz CT molecular complexity index is 1150. The lowest BCUT2D eigenvalue weighted by Crippen LogP contribution is -2.48. The third kappa shape index (κ3) is 3.34. The van der Waals surface area contributed by atoms with Crippen molar-refractivity contribution in [3.05, 3.63) is 77.9 Å². The van der Waals surface area contributed by atoms with Crippen LogP contribution < -0.4 is 15.5 Å². The molecule has 1 saturated heterocycles. The maximum Gasteiger partial charge on any atom is 0.344 e. The fourth-order valence-corrected chi connectivity index (χ4v) is 3.65. The Labute approximate surface area is 173 Å². The first kappa shape index (κ1) is 19.4. The summed E-state index contributed by atoms with van der Waals surface area (Å²) in [5, 5.41) is 5.38. The van der Waals surface area contributed by atoms with Gasteiger partial charge in [0, 0.05) is 0 Å². The standard InChI is InChI=1S/C23H21N3O4/c1-23(17-10-6-11-18(14-17)30-2)21(28)26(22(29)24-23)25-20(27)13-16-9-5-8-15-7-3-4-12-19(15)16/h3-12,14H,13H2,1-2H3,(H,24,29)(H,25,27)/t23-/m1/s1. The SMILES string of the molecule is COc1cccc([C@@]2(C)NC(=O)N(NC(=O)Cc3cccc4ccccc34)C2=O)c1. The number of carbonyl (C=O) groups is 3. The van der Waals surface area contributed by atoms with Crippen molar-refractivity contribution in [1.82, 2.24) is 15.8 Å². The number of fused-ring (bicyclic) bond motifs is 1. The molecule has 3 aromatic rings. The highest BCUT2D eigenvalue weighted by molar-refractivity contribution is 6.08. The largest absolute Gasteiger partial charge is 0.497 e. The van der Waals surface area contributed by atoms with E-state index in [1.165, 1.54) is 7.11 Å². The summed E-state index contributed by atoms with van der Waals surface area (Å²) >= 11 is 0. The molecule has 3 aromatic carbocycles. The molecule has 7 heteroatoms. The van der Waals surface area contributed by atoms with Crippen molar-refractivity contribution < 1.29 is 19.1 Å². The van der Waals surface area contributed by atoms with E-state index in [9.17, 15) is 14.4 Å². The Balaban J connectivity index is 1.54. The molecule has 7 nitrogen and oxygen atoms in total. The molecule has 2 N–H and O–H groups in total. The first-order valence-corrected chi connectivity index (χ1v) is 9.50. The number of ether oxygens (including phenoxy) is 1. The second-order valence-electron chi connectivity index (χ2n) is 7.28. The molecular weight excluding hydrogens is 382 g/mol. The van der Waals surface area contributed by atoms with E-state index in [-0.39, 0.29) is 6.42 Å². The van der Waals surface area contributed by atoms with Gasteiger partial charge in [-0.3, -0.25) is 15.0 Å². The molecule has 4 amide bonds. The van der Waals surface area contributed by atoms with Crippen molar-refractivity contribution in [3.63, 3.8) is 0 Å². The van der Waals surface area contributed by atoms with Crippen molar-refractivity contribution in [2.24, 2.45) is 0 Å². The van der Waals surface area contributed by atoms with Crippen LogP contribution in [0.1, 0.15) is 18.1 Å². The minimum absolute atomic E-state index is 0.0360. The number of methoxy groups -OCH3 is 1. The summed E-state index contributed by atoms with van der Waals surface area (Å²) in [5.74, 6) is -0.453. The summed E-state index contributed by atoms with van der Waals surface area (Å²) in [4.78, 5) is 38.1. The molecule has 0 saturated carbocycles. The maximum atomic E-state index is 13.0. The molecule has 1 fully saturated rings. The van der Waals surface area contributed by atoms with Crippen LogP contribution in [0.5, 0.6) is 5.75 Å². The molecule has 0 bridgehead atoms. The Morgan fingerprint density at radius 3 is 2.60 bits per heavy atom. The van der Waals surface area contributed by atoms with Crippen LogP contribution in [-0.4, -0.2) is 30.0 Å². The molecule has 0 spiro atoms. The Hall–Kier alpha value is -3.87. The Morgan fingerprint density at radius 2 is 1.80 bits per heavy atom. The number of rotatable bonds is 5. The van der Waals surface area contributed by atoms with Crippen molar-refractivity contribution in [3.8, 4) is 5.75 Å². The molecule has 0 aliphatic carbocycles. The zero-order valence-corrected chi connectivity index (χ0v) is 16.6. The molecule has 1 heterocycles. The summed E-state index contributed by atoms with van der Waals surface area (Å²) in [5.41, 5.74) is 2.51. The summed E-state index contributed by atoms with van der Waals surface area (Å²) in [6.07, 6.45) is 0.0360. The first-order valence-electron chi connectivity index (χ1n) is 9.50. The van der Waals surface area contributed by atoms with Crippen molar-refractivity contribution >= 4 is 28.6 Å². The van der Waals surface area contributed by atoms with E-state index in [0.29, 0.717) is 11.3 Å². The maximum absolute atomic E-state index is 13.0. The second kappa shape index (κ2) is 7.51. The Kier molecular flexibility index (Phi) is 4.87. The highest BCUT2D eigenvalue weighted by atomic mass is 16.5. The van der Waals surface area contributed by atoms with Gasteiger partial charge in [-0.05, 0) is 41.0 Å². The van der Waals surface area contributed by atoms with E-state index >= 15 is 0 Å². The predicted molar refractivity (Wildman–Crippen MR) is 112 cm³/mol. The van der Waals surface area contributed by atoms with Gasteiger partial charge in [0.2, 0.25) is 5.91 Å². The third-order valence-electron chi connectivity index (χ3n) is 5.31. The van der Waals surface area contributed by atoms with Gasteiger partial charge in [-0.1, -0.05) is 54.6 Å². The van der Waals surface area contributed by atoms with Gasteiger partial charge in [-0.15, -0.1) is 0 Å². The van der Waals surface area contributed by atoms with Crippen molar-refractivity contribution in [2.45, 2.75) is 18.9 Å². The van der Waals surface area contributed by atoms with Crippen LogP contribution in [0.3, 0.4) is 0 Å². The number of benzene rings is 3. The van der Waals surface area contributed by atoms with E-state index in [1.807, 2.05) is 42.5 Å². The lowest BCUT2D eigenvalue weighted by atomic mass is 9.92. The van der Waals surface area contributed by atoms with Gasteiger partial charge in [0.25, 0.3) is 5.91 Å². The van der Waals surface area contributed by atoms with E-state index in [1.54, 1.807) is 31.2 Å². The van der Waals surface area contributed by atoms with Gasteiger partial charge in [0.1, 0.15) is 11.3 Å². The molecule has 0 aromatic heterocycles. The van der Waals surface area contributed by atoms with Crippen LogP contribution in [0.4, 0.5) is 4.79 Å². The highest BCUT2D eigenvalue weighted by Gasteiger charge is 2.50. The molecule has 0 unspecified atom stereocenters. The molecule has 1 atom stereocenters. The number of urea groups is 1. The topological polar surface area (TPSA) is 87.7 Å². The molecule has 152 valence electrons. The summed E-state index contributed by atoms with van der Waals surface area (Å²) < 4.78 is 5.21. The number of nitrogens with one attached hydrogen (secondary N) is 2. The van der Waals surface area contributed by atoms with Crippen LogP contribution in [0.25, 0.3) is 10.8 Å². The third-order valence-corrected chi connectivity index (χ3v) is 5.31. The Morgan fingerprint density at radius 1 is 1.07 bits per heavy atom. The highest BCUT2D eigenvalue weighted by Crippen LogP contribution is 2.30. The molecule has 4 rings (SSSR count). The molecule has 30 heavy (non-hydrogen) atoms. The van der Waals surface area contributed by atoms with Gasteiger partial charge in [0.15, 0.2) is 0 Å².